The minimum atomic E-state index is 0.332. The van der Waals surface area contributed by atoms with E-state index in [1.165, 1.54) is 6.21 Å². The van der Waals surface area contributed by atoms with Gasteiger partial charge in [-0.15, -0.1) is 0 Å². The molecular formula is C21H17N5O. The third-order valence-corrected chi connectivity index (χ3v) is 4.16. The zero-order chi connectivity index (χ0) is 18.5. The lowest BCUT2D eigenvalue weighted by molar-refractivity contribution is 0.321. The Morgan fingerprint density at radius 1 is 0.926 bits per heavy atom. The predicted octanol–water partition coefficient (Wildman–Crippen LogP) is 4.11. The number of aromatic nitrogens is 3. The van der Waals surface area contributed by atoms with Crippen molar-refractivity contribution in [2.45, 2.75) is 6.54 Å². The van der Waals surface area contributed by atoms with E-state index >= 15 is 0 Å². The zero-order valence-electron chi connectivity index (χ0n) is 14.4. The molecule has 2 N–H and O–H groups in total. The number of anilines is 1. The molecule has 0 bridgehead atoms. The third kappa shape index (κ3) is 3.59. The van der Waals surface area contributed by atoms with Crippen LogP contribution >= 0.6 is 0 Å². The van der Waals surface area contributed by atoms with Gasteiger partial charge in [0.15, 0.2) is 5.82 Å². The first kappa shape index (κ1) is 16.7. The Morgan fingerprint density at radius 3 is 2.56 bits per heavy atom. The highest BCUT2D eigenvalue weighted by Crippen LogP contribution is 2.32. The third-order valence-electron chi connectivity index (χ3n) is 4.16. The van der Waals surface area contributed by atoms with Crippen molar-refractivity contribution in [2.75, 3.05) is 5.32 Å². The Balaban J connectivity index is 1.85. The zero-order valence-corrected chi connectivity index (χ0v) is 14.4. The summed E-state index contributed by atoms with van der Waals surface area (Å²) < 4.78 is 0. The van der Waals surface area contributed by atoms with E-state index in [-0.39, 0.29) is 0 Å². The fourth-order valence-electron chi connectivity index (χ4n) is 2.97. The Kier molecular flexibility index (Phi) is 4.70. The smallest absolute Gasteiger partial charge is 0.176 e. The quantitative estimate of drug-likeness (QED) is 0.320. The minimum Gasteiger partial charge on any atom is -0.411 e. The van der Waals surface area contributed by atoms with Crippen LogP contribution in [0.2, 0.25) is 0 Å². The molecule has 0 fully saturated rings. The van der Waals surface area contributed by atoms with Crippen LogP contribution in [-0.4, -0.2) is 26.4 Å². The monoisotopic (exact) mass is 355 g/mol. The van der Waals surface area contributed by atoms with Crippen molar-refractivity contribution in [3.05, 3.63) is 84.4 Å². The van der Waals surface area contributed by atoms with Gasteiger partial charge in [-0.1, -0.05) is 53.7 Å². The van der Waals surface area contributed by atoms with E-state index in [0.717, 1.165) is 27.7 Å². The molecule has 2 heterocycles. The first-order chi connectivity index (χ1) is 13.3. The lowest BCUT2D eigenvalue weighted by Gasteiger charge is -2.13. The minimum absolute atomic E-state index is 0.332. The van der Waals surface area contributed by atoms with Gasteiger partial charge in [0.1, 0.15) is 12.0 Å². The highest BCUT2D eigenvalue weighted by atomic mass is 16.4. The maximum Gasteiger partial charge on any atom is 0.176 e. The van der Waals surface area contributed by atoms with Crippen LogP contribution in [0.25, 0.3) is 22.0 Å². The van der Waals surface area contributed by atoms with Crippen LogP contribution in [0.3, 0.4) is 0 Å². The van der Waals surface area contributed by atoms with Crippen molar-refractivity contribution >= 4 is 22.9 Å². The summed E-state index contributed by atoms with van der Waals surface area (Å²) in [5, 5.41) is 16.2. The van der Waals surface area contributed by atoms with Crippen LogP contribution in [0, 0.1) is 0 Å². The van der Waals surface area contributed by atoms with Gasteiger partial charge in [-0.2, -0.15) is 0 Å². The van der Waals surface area contributed by atoms with Crippen molar-refractivity contribution in [3.63, 3.8) is 0 Å². The summed E-state index contributed by atoms with van der Waals surface area (Å²) in [4.78, 5) is 13.4. The Hall–Kier alpha value is -3.80. The van der Waals surface area contributed by atoms with Gasteiger partial charge in [0, 0.05) is 6.20 Å². The number of nitrogens with one attached hydrogen (secondary N) is 1. The van der Waals surface area contributed by atoms with E-state index in [1.54, 1.807) is 6.20 Å². The molecule has 2 aromatic carbocycles. The first-order valence-electron chi connectivity index (χ1n) is 8.52. The summed E-state index contributed by atoms with van der Waals surface area (Å²) in [6, 6.07) is 21.8. The number of fused-ring (bicyclic) bond motifs is 1. The van der Waals surface area contributed by atoms with Crippen molar-refractivity contribution < 1.29 is 5.21 Å². The average molecular weight is 355 g/mol. The molecule has 0 aliphatic carbocycles. The summed E-state index contributed by atoms with van der Waals surface area (Å²) >= 11 is 0. The van der Waals surface area contributed by atoms with Crippen molar-refractivity contribution in [2.24, 2.45) is 5.16 Å². The molecule has 4 rings (SSSR count). The molecule has 0 aliphatic heterocycles. The molecule has 2 aromatic heterocycles. The fourth-order valence-corrected chi connectivity index (χ4v) is 2.97. The maximum atomic E-state index is 8.88. The van der Waals surface area contributed by atoms with E-state index in [0.29, 0.717) is 18.2 Å². The molecule has 0 atom stereocenters. The Labute approximate surface area is 156 Å². The largest absolute Gasteiger partial charge is 0.411 e. The fraction of sp³-hybridized carbons (Fsp3) is 0.0476. The van der Waals surface area contributed by atoms with Gasteiger partial charge in [0.25, 0.3) is 0 Å². The highest BCUT2D eigenvalue weighted by Gasteiger charge is 2.12. The molecule has 132 valence electrons. The van der Waals surface area contributed by atoms with E-state index in [9.17, 15) is 0 Å². The van der Waals surface area contributed by atoms with Gasteiger partial charge in [0.05, 0.1) is 23.1 Å². The predicted molar refractivity (Wildman–Crippen MR) is 106 cm³/mol. The molecule has 6 nitrogen and oxygen atoms in total. The number of pyridine rings is 1. The second-order valence-corrected chi connectivity index (χ2v) is 5.92. The molecule has 6 heteroatoms. The summed E-state index contributed by atoms with van der Waals surface area (Å²) in [6.07, 6.45) is 2.98. The van der Waals surface area contributed by atoms with Crippen molar-refractivity contribution in [1.82, 2.24) is 15.0 Å². The number of benzene rings is 2. The molecule has 27 heavy (non-hydrogen) atoms. The summed E-state index contributed by atoms with van der Waals surface area (Å²) in [6.45, 7) is 0.520. The number of oxime groups is 1. The molecule has 0 amide bonds. The molecule has 0 spiro atoms. The van der Waals surface area contributed by atoms with Crippen LogP contribution in [0.15, 0.2) is 78.1 Å². The van der Waals surface area contributed by atoms with E-state index < -0.39 is 0 Å². The van der Waals surface area contributed by atoms with Crippen LogP contribution in [0.1, 0.15) is 11.5 Å². The van der Waals surface area contributed by atoms with E-state index in [1.807, 2.05) is 54.6 Å². The van der Waals surface area contributed by atoms with Gasteiger partial charge >= 0.3 is 0 Å². The van der Waals surface area contributed by atoms with Gasteiger partial charge in [0.2, 0.25) is 0 Å². The molecular weight excluding hydrogens is 338 g/mol. The number of hydrogen-bond donors (Lipinski definition) is 2. The highest BCUT2D eigenvalue weighted by molar-refractivity contribution is 6.02. The molecule has 0 saturated heterocycles. The molecule has 0 unspecified atom stereocenters. The average Bonchev–Trinajstić information content (AvgIpc) is 2.73. The lowest BCUT2D eigenvalue weighted by atomic mass is 10.0. The standard InChI is InChI=1S/C21H17N5O/c27-24-14-19-25-18-11-6-10-17(15-7-2-1-3-8-15)20(18)21(26-19)23-13-16-9-4-5-12-22-16/h1-12,14,27H,13H2,(H,23,25,26)/b24-14+. The normalized spacial score (nSPS) is 11.1. The summed E-state index contributed by atoms with van der Waals surface area (Å²) in [5.41, 5.74) is 3.78. The van der Waals surface area contributed by atoms with E-state index in [2.05, 4.69) is 37.6 Å². The second-order valence-electron chi connectivity index (χ2n) is 5.92. The summed E-state index contributed by atoms with van der Waals surface area (Å²) in [7, 11) is 0. The Bertz CT molecular complexity index is 1080. The van der Waals surface area contributed by atoms with Crippen LogP contribution in [-0.2, 0) is 6.54 Å². The molecule has 0 radical (unpaired) electrons. The molecule has 0 aliphatic rings. The number of rotatable bonds is 5. The van der Waals surface area contributed by atoms with E-state index in [4.69, 9.17) is 5.21 Å². The van der Waals surface area contributed by atoms with Crippen LogP contribution in [0.4, 0.5) is 5.82 Å². The SMILES string of the molecule is O/N=C/c1nc(NCc2ccccn2)c2c(-c3ccccc3)cccc2n1. The van der Waals surface area contributed by atoms with Gasteiger partial charge in [-0.3, -0.25) is 4.98 Å². The molecule has 4 aromatic rings. The first-order valence-corrected chi connectivity index (χ1v) is 8.52. The van der Waals surface area contributed by atoms with Crippen molar-refractivity contribution in [3.8, 4) is 11.1 Å². The summed E-state index contributed by atoms with van der Waals surface area (Å²) in [5.74, 6) is 0.999. The van der Waals surface area contributed by atoms with Crippen LogP contribution in [0.5, 0.6) is 0 Å². The van der Waals surface area contributed by atoms with Gasteiger partial charge < -0.3 is 10.5 Å². The number of nitrogens with zero attached hydrogens (tertiary/aromatic N) is 4. The van der Waals surface area contributed by atoms with Gasteiger partial charge in [-0.05, 0) is 29.3 Å². The van der Waals surface area contributed by atoms with Crippen LogP contribution < -0.4 is 5.32 Å². The topological polar surface area (TPSA) is 83.3 Å². The maximum absolute atomic E-state index is 8.88. The Morgan fingerprint density at radius 2 is 1.78 bits per heavy atom. The molecule has 0 saturated carbocycles. The second kappa shape index (κ2) is 7.61. The van der Waals surface area contributed by atoms with Gasteiger partial charge in [-0.25, -0.2) is 9.97 Å². The number of hydrogen-bond acceptors (Lipinski definition) is 6. The lowest BCUT2D eigenvalue weighted by Crippen LogP contribution is -2.07. The van der Waals surface area contributed by atoms with Crippen molar-refractivity contribution in [1.29, 1.82) is 0 Å².